The maximum Gasteiger partial charge on any atom is 0.341 e. The van der Waals surface area contributed by atoms with E-state index >= 15 is 0 Å². The van der Waals surface area contributed by atoms with Crippen molar-refractivity contribution in [3.05, 3.63) is 44.8 Å². The number of hydrogen-bond donors (Lipinski definition) is 2. The fourth-order valence-corrected chi connectivity index (χ4v) is 4.64. The normalized spacial score (nSPS) is 12.8. The van der Waals surface area contributed by atoms with Gasteiger partial charge in [0.15, 0.2) is 6.61 Å². The molecule has 6 nitrogen and oxygen atoms in total. The summed E-state index contributed by atoms with van der Waals surface area (Å²) in [4.78, 5) is 37.5. The molecular formula is C20H21ClN2O4S. The predicted molar refractivity (Wildman–Crippen MR) is 110 cm³/mol. The number of halogens is 1. The average Bonchev–Trinajstić information content (AvgIpc) is 3.00. The van der Waals surface area contributed by atoms with Crippen LogP contribution < -0.4 is 10.6 Å². The summed E-state index contributed by atoms with van der Waals surface area (Å²) in [7, 11) is 0. The standard InChI is InChI=1S/C20H21ClN2O4S/c1-11-7-8-13(21)9-15(11)23-17(25)10-27-20(26)18-14-5-3-4-6-16(14)28-19(18)22-12(2)24/h7-9H,3-6,10H2,1-2H3,(H,22,24)(H,23,25). The molecule has 1 aliphatic rings. The van der Waals surface area contributed by atoms with Gasteiger partial charge in [0, 0.05) is 22.5 Å². The second kappa shape index (κ2) is 8.75. The molecule has 0 radical (unpaired) electrons. The number of ether oxygens (including phenoxy) is 1. The topological polar surface area (TPSA) is 84.5 Å². The summed E-state index contributed by atoms with van der Waals surface area (Å²) in [6, 6.07) is 5.16. The number of amides is 2. The van der Waals surface area contributed by atoms with Crippen molar-refractivity contribution in [1.29, 1.82) is 0 Å². The average molecular weight is 421 g/mol. The predicted octanol–water partition coefficient (Wildman–Crippen LogP) is 4.34. The minimum absolute atomic E-state index is 0.248. The Morgan fingerprint density at radius 3 is 2.68 bits per heavy atom. The Kier molecular flexibility index (Phi) is 6.36. The van der Waals surface area contributed by atoms with Gasteiger partial charge in [0.05, 0.1) is 5.56 Å². The molecule has 0 aliphatic heterocycles. The number of carbonyl (C=O) groups excluding carboxylic acids is 3. The molecule has 8 heteroatoms. The maximum atomic E-state index is 12.7. The first-order chi connectivity index (χ1) is 13.3. The zero-order chi connectivity index (χ0) is 20.3. The fourth-order valence-electron chi connectivity index (χ4n) is 3.15. The summed E-state index contributed by atoms with van der Waals surface area (Å²) in [5.41, 5.74) is 2.72. The largest absolute Gasteiger partial charge is 0.452 e. The summed E-state index contributed by atoms with van der Waals surface area (Å²) in [5, 5.41) is 6.41. The Morgan fingerprint density at radius 1 is 1.18 bits per heavy atom. The molecule has 2 amide bonds. The van der Waals surface area contributed by atoms with Crippen molar-refractivity contribution in [3.63, 3.8) is 0 Å². The van der Waals surface area contributed by atoms with E-state index in [1.54, 1.807) is 18.2 Å². The van der Waals surface area contributed by atoms with Crippen LogP contribution in [0, 0.1) is 6.92 Å². The molecule has 0 saturated carbocycles. The smallest absolute Gasteiger partial charge is 0.341 e. The third kappa shape index (κ3) is 4.72. The van der Waals surface area contributed by atoms with E-state index in [0.717, 1.165) is 41.7 Å². The summed E-state index contributed by atoms with van der Waals surface area (Å²) in [5.74, 6) is -1.30. The molecule has 1 aromatic heterocycles. The zero-order valence-corrected chi connectivity index (χ0v) is 17.3. The molecule has 1 heterocycles. The zero-order valence-electron chi connectivity index (χ0n) is 15.7. The van der Waals surface area contributed by atoms with E-state index in [9.17, 15) is 14.4 Å². The van der Waals surface area contributed by atoms with Crippen LogP contribution >= 0.6 is 22.9 Å². The summed E-state index contributed by atoms with van der Waals surface area (Å²) in [6.07, 6.45) is 3.69. The second-order valence-corrected chi connectivity index (χ2v) is 8.22. The minimum atomic E-state index is -0.596. The highest BCUT2D eigenvalue weighted by atomic mass is 35.5. The van der Waals surface area contributed by atoms with Gasteiger partial charge in [-0.1, -0.05) is 17.7 Å². The van der Waals surface area contributed by atoms with Gasteiger partial charge in [0.25, 0.3) is 5.91 Å². The van der Waals surface area contributed by atoms with Crippen LogP contribution in [0.25, 0.3) is 0 Å². The highest BCUT2D eigenvalue weighted by molar-refractivity contribution is 7.17. The van der Waals surface area contributed by atoms with E-state index in [2.05, 4.69) is 10.6 Å². The molecule has 0 bridgehead atoms. The molecule has 0 atom stereocenters. The van der Waals surface area contributed by atoms with Gasteiger partial charge < -0.3 is 15.4 Å². The molecule has 0 saturated heterocycles. The first kappa shape index (κ1) is 20.4. The summed E-state index contributed by atoms with van der Waals surface area (Å²) >= 11 is 7.36. The molecular weight excluding hydrogens is 400 g/mol. The Labute approximate surface area is 172 Å². The van der Waals surface area contributed by atoms with Gasteiger partial charge in [0.1, 0.15) is 5.00 Å². The molecule has 28 heavy (non-hydrogen) atoms. The molecule has 1 aromatic carbocycles. The number of carbonyl (C=O) groups is 3. The number of benzene rings is 1. The first-order valence-electron chi connectivity index (χ1n) is 9.00. The van der Waals surface area contributed by atoms with Gasteiger partial charge in [-0.3, -0.25) is 9.59 Å². The van der Waals surface area contributed by atoms with Crippen LogP contribution in [-0.4, -0.2) is 24.4 Å². The lowest BCUT2D eigenvalue weighted by Gasteiger charge is -2.13. The van der Waals surface area contributed by atoms with E-state index in [1.807, 2.05) is 6.92 Å². The van der Waals surface area contributed by atoms with E-state index in [-0.39, 0.29) is 5.91 Å². The summed E-state index contributed by atoms with van der Waals surface area (Å²) < 4.78 is 5.25. The fraction of sp³-hybridized carbons (Fsp3) is 0.350. The Balaban J connectivity index is 1.70. The molecule has 1 aliphatic carbocycles. The lowest BCUT2D eigenvalue weighted by Crippen LogP contribution is -2.22. The van der Waals surface area contributed by atoms with Crippen molar-refractivity contribution in [2.45, 2.75) is 39.5 Å². The van der Waals surface area contributed by atoms with Gasteiger partial charge >= 0.3 is 5.97 Å². The van der Waals surface area contributed by atoms with Gasteiger partial charge in [-0.05, 0) is 55.9 Å². The highest BCUT2D eigenvalue weighted by Gasteiger charge is 2.27. The van der Waals surface area contributed by atoms with Crippen LogP contribution in [0.15, 0.2) is 18.2 Å². The number of nitrogens with one attached hydrogen (secondary N) is 2. The number of esters is 1. The Morgan fingerprint density at radius 2 is 1.93 bits per heavy atom. The van der Waals surface area contributed by atoms with Crippen molar-refractivity contribution in [2.75, 3.05) is 17.2 Å². The third-order valence-electron chi connectivity index (χ3n) is 4.47. The lowest BCUT2D eigenvalue weighted by molar-refractivity contribution is -0.119. The van der Waals surface area contributed by atoms with E-state index in [1.165, 1.54) is 18.3 Å². The number of anilines is 2. The Hall–Kier alpha value is -2.38. The summed E-state index contributed by atoms with van der Waals surface area (Å²) in [6.45, 7) is 2.82. The van der Waals surface area contributed by atoms with Crippen LogP contribution in [0.1, 0.15) is 46.1 Å². The van der Waals surface area contributed by atoms with E-state index in [4.69, 9.17) is 16.3 Å². The van der Waals surface area contributed by atoms with Crippen molar-refractivity contribution in [2.24, 2.45) is 0 Å². The number of fused-ring (bicyclic) bond motifs is 1. The lowest BCUT2D eigenvalue weighted by atomic mass is 9.95. The molecule has 0 fully saturated rings. The number of thiophene rings is 1. The van der Waals surface area contributed by atoms with E-state index < -0.39 is 18.5 Å². The molecule has 3 rings (SSSR count). The first-order valence-corrected chi connectivity index (χ1v) is 10.2. The highest BCUT2D eigenvalue weighted by Crippen LogP contribution is 2.38. The van der Waals surface area contributed by atoms with Crippen molar-refractivity contribution in [3.8, 4) is 0 Å². The molecule has 0 unspecified atom stereocenters. The SMILES string of the molecule is CC(=O)Nc1sc2c(c1C(=O)OCC(=O)Nc1cc(Cl)ccc1C)CCCC2. The van der Waals surface area contributed by atoms with Crippen LogP contribution in [-0.2, 0) is 27.2 Å². The third-order valence-corrected chi connectivity index (χ3v) is 5.92. The Bertz CT molecular complexity index is 939. The minimum Gasteiger partial charge on any atom is -0.452 e. The van der Waals surface area contributed by atoms with Crippen molar-refractivity contribution < 1.29 is 19.1 Å². The van der Waals surface area contributed by atoms with Gasteiger partial charge in [-0.25, -0.2) is 4.79 Å². The molecule has 2 aromatic rings. The molecule has 0 spiro atoms. The number of aryl methyl sites for hydroxylation is 2. The number of hydrogen-bond acceptors (Lipinski definition) is 5. The maximum absolute atomic E-state index is 12.7. The van der Waals surface area contributed by atoms with Crippen LogP contribution in [0.5, 0.6) is 0 Å². The second-order valence-electron chi connectivity index (χ2n) is 6.68. The van der Waals surface area contributed by atoms with Gasteiger partial charge in [0.2, 0.25) is 5.91 Å². The van der Waals surface area contributed by atoms with Crippen LogP contribution in [0.4, 0.5) is 10.7 Å². The van der Waals surface area contributed by atoms with Crippen molar-refractivity contribution in [1.82, 2.24) is 0 Å². The van der Waals surface area contributed by atoms with Crippen LogP contribution in [0.2, 0.25) is 5.02 Å². The van der Waals surface area contributed by atoms with E-state index in [0.29, 0.717) is 21.3 Å². The van der Waals surface area contributed by atoms with Crippen LogP contribution in [0.3, 0.4) is 0 Å². The van der Waals surface area contributed by atoms with Gasteiger partial charge in [-0.15, -0.1) is 11.3 Å². The van der Waals surface area contributed by atoms with Gasteiger partial charge in [-0.2, -0.15) is 0 Å². The molecule has 2 N–H and O–H groups in total. The monoisotopic (exact) mass is 420 g/mol. The molecule has 148 valence electrons. The number of rotatable bonds is 5. The quantitative estimate of drug-likeness (QED) is 0.704. The van der Waals surface area contributed by atoms with Crippen molar-refractivity contribution >= 4 is 51.4 Å².